The topological polar surface area (TPSA) is 0 Å². The van der Waals surface area contributed by atoms with Gasteiger partial charge in [-0.3, -0.25) is 0 Å². The molecule has 0 radical (unpaired) electrons. The molecule has 0 heterocycles. The Hall–Kier alpha value is -8.93. The molecule has 2 aliphatic carbocycles. The molecule has 0 amide bonds. The molecule has 12 aromatic rings. The van der Waals surface area contributed by atoms with Crippen molar-refractivity contribution in [1.29, 1.82) is 0 Å². The molecule has 0 atom stereocenters. The van der Waals surface area contributed by atoms with E-state index in [4.69, 9.17) is 0 Å². The molecule has 0 heteroatoms. The van der Waals surface area contributed by atoms with Gasteiger partial charge in [-0.25, -0.2) is 0 Å². The molecule has 0 spiro atoms. The van der Waals surface area contributed by atoms with Crippen LogP contribution in [-0.4, -0.2) is 0 Å². The second-order valence-corrected chi connectivity index (χ2v) is 18.4. The highest BCUT2D eigenvalue weighted by Crippen LogP contribution is 2.44. The first kappa shape index (κ1) is 39.3. The average Bonchev–Trinajstić information content (AvgIpc) is 3.42. The standard InChI is InChI=1S/C69H43/c1-3-23-44(24-4-1)64-54-35-15-19-39-58(54)68(59-40-20-16-36-55(59)64)66-50-31-11-7-27-46(50)62(47-28-8-12-32-51(47)66)43-63-48-29-9-13-33-52(48)67(53-34-14-10-30-49(53)63)69-60-41-21-17-37-56(60)65(45-25-5-2-6-26-45)57-38-18-22-42-61(57)69/h1,3-42H,2H2/q+1. The number of hydrogen-bond donors (Lipinski definition) is 0. The van der Waals surface area contributed by atoms with E-state index >= 15 is 0 Å². The molecule has 0 nitrogen and oxygen atoms in total. The fourth-order valence-corrected chi connectivity index (χ4v) is 11.9. The zero-order valence-corrected chi connectivity index (χ0v) is 37.9. The van der Waals surface area contributed by atoms with E-state index in [-0.39, 0.29) is 0 Å². The maximum atomic E-state index is 4.25. The third kappa shape index (κ3) is 6.00. The molecule has 0 bridgehead atoms. The van der Waals surface area contributed by atoms with Crippen LogP contribution in [0.3, 0.4) is 0 Å². The molecule has 0 aliphatic heterocycles. The monoisotopic (exact) mass is 871 g/mol. The minimum atomic E-state index is 0.961. The van der Waals surface area contributed by atoms with Gasteiger partial charge in [0.1, 0.15) is 0 Å². The molecule has 0 saturated carbocycles. The normalized spacial score (nSPS) is 13.2. The highest BCUT2D eigenvalue weighted by molar-refractivity contribution is 6.09. The van der Waals surface area contributed by atoms with E-state index in [0.717, 1.165) is 16.9 Å². The maximum absolute atomic E-state index is 4.25. The van der Waals surface area contributed by atoms with Gasteiger partial charge < -0.3 is 0 Å². The van der Waals surface area contributed by atoms with Crippen LogP contribution in [0.2, 0.25) is 0 Å². The van der Waals surface area contributed by atoms with Gasteiger partial charge in [-0.05, 0) is 153 Å². The van der Waals surface area contributed by atoms with Gasteiger partial charge in [0.05, 0.1) is 22.6 Å². The number of rotatable bonds is 1. The number of benzene rings is 12. The van der Waals surface area contributed by atoms with Crippen molar-refractivity contribution in [3.05, 3.63) is 314 Å². The zero-order chi connectivity index (χ0) is 45.4. The fourth-order valence-electron chi connectivity index (χ4n) is 11.9. The molecule has 12 aromatic carbocycles. The second-order valence-electron chi connectivity index (χ2n) is 18.4. The molecule has 0 saturated heterocycles. The van der Waals surface area contributed by atoms with Gasteiger partial charge in [-0.2, -0.15) is 0 Å². The van der Waals surface area contributed by atoms with E-state index in [2.05, 4.69) is 254 Å². The summed E-state index contributed by atoms with van der Waals surface area (Å²) in [5, 5.41) is 21.9. The van der Waals surface area contributed by atoms with Gasteiger partial charge in [0.25, 0.3) is 0 Å². The lowest BCUT2D eigenvalue weighted by atomic mass is 9.72. The summed E-state index contributed by atoms with van der Waals surface area (Å²) < 4.78 is 0. The predicted octanol–water partition coefficient (Wildman–Crippen LogP) is 13.9. The Labute approximate surface area is 399 Å². The van der Waals surface area contributed by atoms with Crippen LogP contribution in [0, 0.1) is 16.4 Å². The quantitative estimate of drug-likeness (QED) is 0.114. The summed E-state index contributed by atoms with van der Waals surface area (Å²) in [7, 11) is 0. The van der Waals surface area contributed by atoms with Crippen LogP contribution in [0.25, 0.3) is 81.5 Å². The summed E-state index contributed by atoms with van der Waals surface area (Å²) in [6.45, 7) is 0. The summed E-state index contributed by atoms with van der Waals surface area (Å²) in [4.78, 5) is 0. The largest absolute Gasteiger partial charge is 0.102 e. The molecule has 14 rings (SSSR count). The Kier molecular flexibility index (Phi) is 9.02. The van der Waals surface area contributed by atoms with Crippen LogP contribution in [0.5, 0.6) is 0 Å². The van der Waals surface area contributed by atoms with Gasteiger partial charge in [-0.15, -0.1) is 5.73 Å². The Morgan fingerprint density at radius 3 is 1.03 bits per heavy atom. The molecule has 69 heavy (non-hydrogen) atoms. The van der Waals surface area contributed by atoms with Crippen LogP contribution in [0.15, 0.2) is 249 Å². The van der Waals surface area contributed by atoms with E-state index in [1.54, 1.807) is 0 Å². The van der Waals surface area contributed by atoms with E-state index in [9.17, 15) is 0 Å². The van der Waals surface area contributed by atoms with Gasteiger partial charge in [0, 0.05) is 32.4 Å². The first-order valence-electron chi connectivity index (χ1n) is 24.1. The molecule has 0 aromatic heterocycles. The van der Waals surface area contributed by atoms with E-state index < -0.39 is 0 Å². The lowest BCUT2D eigenvalue weighted by molar-refractivity contribution is 1.18. The highest BCUT2D eigenvalue weighted by Gasteiger charge is 2.36. The van der Waals surface area contributed by atoms with Crippen molar-refractivity contribution < 1.29 is 0 Å². The van der Waals surface area contributed by atoms with Crippen molar-refractivity contribution in [1.82, 2.24) is 0 Å². The predicted molar refractivity (Wildman–Crippen MR) is 291 cm³/mol. The minimum absolute atomic E-state index is 0.961. The van der Waals surface area contributed by atoms with E-state index in [0.29, 0.717) is 0 Å². The summed E-state index contributed by atoms with van der Waals surface area (Å²) in [5.74, 6) is 1.27. The number of hydrogen-bond acceptors (Lipinski definition) is 0. The van der Waals surface area contributed by atoms with Crippen LogP contribution in [-0.2, 0) is 0 Å². The molecule has 318 valence electrons. The summed E-state index contributed by atoms with van der Waals surface area (Å²) in [6.07, 6.45) is 10.1. The molecule has 0 unspecified atom stereocenters. The Morgan fingerprint density at radius 2 is 0.609 bits per heavy atom. The zero-order valence-electron chi connectivity index (χ0n) is 37.9. The van der Waals surface area contributed by atoms with Crippen LogP contribution in [0.4, 0.5) is 0 Å². The maximum Gasteiger partial charge on any atom is 0.0645 e. The van der Waals surface area contributed by atoms with Crippen LogP contribution >= 0.6 is 0 Å². The van der Waals surface area contributed by atoms with Crippen molar-refractivity contribution in [2.75, 3.05) is 0 Å². The van der Waals surface area contributed by atoms with Crippen molar-refractivity contribution in [3.63, 3.8) is 0 Å². The third-order valence-electron chi connectivity index (χ3n) is 14.7. The van der Waals surface area contributed by atoms with Gasteiger partial charge >= 0.3 is 0 Å². The van der Waals surface area contributed by atoms with Crippen molar-refractivity contribution in [2.24, 2.45) is 0 Å². The first-order valence-corrected chi connectivity index (χ1v) is 24.1. The molecular weight excluding hydrogens is 829 g/mol. The Bertz CT molecular complexity index is 4350. The summed E-state index contributed by atoms with van der Waals surface area (Å²) in [5.41, 5.74) is 13.0. The number of allylic oxidation sites excluding steroid dienone is 4. The smallest absolute Gasteiger partial charge is 0.0645 e. The van der Waals surface area contributed by atoms with Crippen molar-refractivity contribution in [2.45, 2.75) is 6.42 Å². The molecule has 0 fully saturated rings. The molecule has 2 aliphatic rings. The fraction of sp³-hybridized carbons (Fsp3) is 0.0145. The Balaban J connectivity index is 1.21. The highest BCUT2D eigenvalue weighted by atomic mass is 14.3. The summed E-state index contributed by atoms with van der Waals surface area (Å²) >= 11 is 0. The number of fused-ring (bicyclic) bond motifs is 8. The van der Waals surface area contributed by atoms with Gasteiger partial charge in [0.2, 0.25) is 0 Å². The lowest BCUT2D eigenvalue weighted by Gasteiger charge is -2.26. The molecular formula is C69H43+. The van der Waals surface area contributed by atoms with Gasteiger partial charge in [-0.1, -0.05) is 188 Å². The average molecular weight is 872 g/mol. The van der Waals surface area contributed by atoms with Gasteiger partial charge in [0.15, 0.2) is 0 Å². The Morgan fingerprint density at radius 1 is 0.290 bits per heavy atom. The van der Waals surface area contributed by atoms with E-state index in [1.807, 2.05) is 0 Å². The minimum Gasteiger partial charge on any atom is -0.102 e. The second kappa shape index (κ2) is 15.9. The SMILES string of the molecule is C(=c1c2ccccc2c(=C2c3ccccc3[C+](c3ccccc3)c3ccccc32)c2ccccc12)=c1c2ccccc2c(=c2c3ccccc3c(=C3C=CCC=C3)c3ccccc23)c2ccccc12. The van der Waals surface area contributed by atoms with Crippen LogP contribution < -0.4 is 20.9 Å². The summed E-state index contributed by atoms with van der Waals surface area (Å²) in [6, 6.07) is 83.1. The van der Waals surface area contributed by atoms with Crippen molar-refractivity contribution >= 4 is 81.5 Å². The van der Waals surface area contributed by atoms with Crippen molar-refractivity contribution in [3.8, 4) is 0 Å². The first-order chi connectivity index (χ1) is 34.3. The van der Waals surface area contributed by atoms with E-state index in [1.165, 1.54) is 130 Å². The lowest BCUT2D eigenvalue weighted by Crippen LogP contribution is -2.23. The third-order valence-corrected chi connectivity index (χ3v) is 14.7. The van der Waals surface area contributed by atoms with Crippen LogP contribution in [0.1, 0.15) is 34.2 Å². The molecule has 0 N–H and O–H groups in total.